The van der Waals surface area contributed by atoms with E-state index in [9.17, 15) is 5.11 Å². The van der Waals surface area contributed by atoms with Gasteiger partial charge in [-0.25, -0.2) is 0 Å². The van der Waals surface area contributed by atoms with E-state index in [2.05, 4.69) is 29.8 Å². The molecule has 3 heteroatoms. The molecule has 0 radical (unpaired) electrons. The summed E-state index contributed by atoms with van der Waals surface area (Å²) in [5.74, 6) is 0. The van der Waals surface area contributed by atoms with Gasteiger partial charge in [-0.05, 0) is 35.3 Å². The summed E-state index contributed by atoms with van der Waals surface area (Å²) in [6.45, 7) is 4.25. The van der Waals surface area contributed by atoms with E-state index in [1.54, 1.807) is 11.3 Å². The second-order valence-electron chi connectivity index (χ2n) is 3.56. The summed E-state index contributed by atoms with van der Waals surface area (Å²) in [4.78, 5) is 2.33. The minimum absolute atomic E-state index is 0.267. The van der Waals surface area contributed by atoms with Gasteiger partial charge in [-0.3, -0.25) is 0 Å². The lowest BCUT2D eigenvalue weighted by Gasteiger charge is -2.06. The zero-order chi connectivity index (χ0) is 10.6. The van der Waals surface area contributed by atoms with Gasteiger partial charge in [0.15, 0.2) is 0 Å². The highest BCUT2D eigenvalue weighted by atomic mass is 79.9. The van der Waals surface area contributed by atoms with Gasteiger partial charge in [-0.1, -0.05) is 26.2 Å². The maximum absolute atomic E-state index is 9.87. The first-order valence-electron chi connectivity index (χ1n) is 5.09. The second kappa shape index (κ2) is 5.89. The third-order valence-corrected chi connectivity index (χ3v) is 4.52. The highest BCUT2D eigenvalue weighted by Crippen LogP contribution is 2.32. The van der Waals surface area contributed by atoms with Crippen molar-refractivity contribution >= 4 is 27.3 Å². The van der Waals surface area contributed by atoms with Crippen LogP contribution in [0, 0.1) is 6.92 Å². The number of hydrogen-bond donors (Lipinski definition) is 1. The lowest BCUT2D eigenvalue weighted by atomic mass is 10.1. The monoisotopic (exact) mass is 276 g/mol. The fourth-order valence-electron chi connectivity index (χ4n) is 1.38. The van der Waals surface area contributed by atoms with E-state index in [4.69, 9.17) is 0 Å². The molecule has 0 saturated carbocycles. The second-order valence-corrected chi connectivity index (χ2v) is 5.71. The Balaban J connectivity index is 2.47. The molecule has 0 spiro atoms. The van der Waals surface area contributed by atoms with Crippen molar-refractivity contribution in [1.29, 1.82) is 0 Å². The molecular formula is C11H17BrOS. The van der Waals surface area contributed by atoms with Crippen molar-refractivity contribution in [2.75, 3.05) is 0 Å². The van der Waals surface area contributed by atoms with E-state index in [1.807, 2.05) is 6.07 Å². The smallest absolute Gasteiger partial charge is 0.0882 e. The van der Waals surface area contributed by atoms with Gasteiger partial charge in [0.05, 0.1) is 6.10 Å². The molecule has 1 aromatic heterocycles. The average molecular weight is 277 g/mol. The van der Waals surface area contributed by atoms with Crippen molar-refractivity contribution < 1.29 is 5.11 Å². The number of thiophene rings is 1. The quantitative estimate of drug-likeness (QED) is 0.789. The predicted molar refractivity (Wildman–Crippen MR) is 65.9 cm³/mol. The topological polar surface area (TPSA) is 20.2 Å². The molecule has 0 fully saturated rings. The Morgan fingerprint density at radius 2 is 2.21 bits per heavy atom. The molecule has 1 unspecified atom stereocenters. The fourth-order valence-corrected chi connectivity index (χ4v) is 2.96. The van der Waals surface area contributed by atoms with E-state index in [1.165, 1.54) is 17.7 Å². The van der Waals surface area contributed by atoms with Gasteiger partial charge in [-0.15, -0.1) is 11.3 Å². The third kappa shape index (κ3) is 3.37. The van der Waals surface area contributed by atoms with E-state index >= 15 is 0 Å². The third-order valence-electron chi connectivity index (χ3n) is 2.29. The largest absolute Gasteiger partial charge is 0.388 e. The first-order chi connectivity index (χ1) is 6.65. The average Bonchev–Trinajstić information content (AvgIpc) is 2.47. The molecular weight excluding hydrogens is 260 g/mol. The predicted octanol–water partition coefficient (Wildman–Crippen LogP) is 4.43. The zero-order valence-electron chi connectivity index (χ0n) is 8.72. The molecule has 14 heavy (non-hydrogen) atoms. The molecule has 80 valence electrons. The van der Waals surface area contributed by atoms with Crippen molar-refractivity contribution in [3.63, 3.8) is 0 Å². The van der Waals surface area contributed by atoms with E-state index in [-0.39, 0.29) is 6.10 Å². The maximum Gasteiger partial charge on any atom is 0.0882 e. The van der Waals surface area contributed by atoms with Crippen molar-refractivity contribution in [2.24, 2.45) is 0 Å². The number of halogens is 1. The van der Waals surface area contributed by atoms with Crippen LogP contribution in [0.3, 0.4) is 0 Å². The Morgan fingerprint density at radius 3 is 2.71 bits per heavy atom. The number of aryl methyl sites for hydroxylation is 1. The molecule has 1 heterocycles. The van der Waals surface area contributed by atoms with Gasteiger partial charge in [0.1, 0.15) is 0 Å². The van der Waals surface area contributed by atoms with Crippen LogP contribution in [0.1, 0.15) is 48.5 Å². The van der Waals surface area contributed by atoms with Crippen LogP contribution in [0.4, 0.5) is 0 Å². The number of hydrogen-bond acceptors (Lipinski definition) is 2. The number of aliphatic hydroxyl groups excluding tert-OH is 1. The summed E-state index contributed by atoms with van der Waals surface area (Å²) >= 11 is 5.15. The molecule has 0 bridgehead atoms. The molecule has 1 rings (SSSR count). The van der Waals surface area contributed by atoms with Gasteiger partial charge in [0.25, 0.3) is 0 Å². The van der Waals surface area contributed by atoms with Crippen molar-refractivity contribution in [3.8, 4) is 0 Å². The minimum atomic E-state index is -0.267. The standard InChI is InChI=1S/C11H17BrOS/c1-3-4-5-6-10(13)11-7-9(12)8(2)14-11/h7,10,13H,3-6H2,1-2H3. The highest BCUT2D eigenvalue weighted by Gasteiger charge is 2.11. The Labute approximate surface area is 98.3 Å². The molecule has 0 amide bonds. The van der Waals surface area contributed by atoms with Gasteiger partial charge in [-0.2, -0.15) is 0 Å². The Hall–Kier alpha value is 0.140. The van der Waals surface area contributed by atoms with E-state index in [0.29, 0.717) is 0 Å². The maximum atomic E-state index is 9.87. The summed E-state index contributed by atoms with van der Waals surface area (Å²) in [5.41, 5.74) is 0. The molecule has 1 nitrogen and oxygen atoms in total. The van der Waals surface area contributed by atoms with E-state index in [0.717, 1.165) is 22.2 Å². The number of rotatable bonds is 5. The van der Waals surface area contributed by atoms with Crippen molar-refractivity contribution in [3.05, 3.63) is 20.3 Å². The number of unbranched alkanes of at least 4 members (excludes halogenated alkanes) is 2. The first-order valence-corrected chi connectivity index (χ1v) is 6.70. The van der Waals surface area contributed by atoms with Crippen LogP contribution in [0.25, 0.3) is 0 Å². The van der Waals surface area contributed by atoms with Gasteiger partial charge >= 0.3 is 0 Å². The SMILES string of the molecule is CCCCCC(O)c1cc(Br)c(C)s1. The molecule has 1 aromatic rings. The van der Waals surface area contributed by atoms with Crippen LogP contribution in [-0.4, -0.2) is 5.11 Å². The van der Waals surface area contributed by atoms with Crippen molar-refractivity contribution in [1.82, 2.24) is 0 Å². The van der Waals surface area contributed by atoms with Crippen LogP contribution in [0.5, 0.6) is 0 Å². The normalized spacial score (nSPS) is 13.1. The summed E-state index contributed by atoms with van der Waals surface area (Å²) in [7, 11) is 0. The lowest BCUT2D eigenvalue weighted by Crippen LogP contribution is -1.93. The van der Waals surface area contributed by atoms with Crippen LogP contribution in [-0.2, 0) is 0 Å². The molecule has 1 atom stereocenters. The molecule has 1 N–H and O–H groups in total. The first kappa shape index (κ1) is 12.2. The molecule has 0 aliphatic rings. The van der Waals surface area contributed by atoms with Crippen LogP contribution in [0.2, 0.25) is 0 Å². The fraction of sp³-hybridized carbons (Fsp3) is 0.636. The Bertz CT molecular complexity index is 263. The summed E-state index contributed by atoms with van der Waals surface area (Å²) in [5, 5.41) is 9.87. The highest BCUT2D eigenvalue weighted by molar-refractivity contribution is 9.10. The molecule has 0 aliphatic carbocycles. The molecule has 0 aliphatic heterocycles. The van der Waals surface area contributed by atoms with Crippen LogP contribution < -0.4 is 0 Å². The summed E-state index contributed by atoms with van der Waals surface area (Å²) < 4.78 is 1.12. The van der Waals surface area contributed by atoms with Crippen molar-refractivity contribution in [2.45, 2.75) is 45.6 Å². The lowest BCUT2D eigenvalue weighted by molar-refractivity contribution is 0.167. The Morgan fingerprint density at radius 1 is 1.50 bits per heavy atom. The Kier molecular flexibility index (Phi) is 5.13. The van der Waals surface area contributed by atoms with Gasteiger partial charge < -0.3 is 5.11 Å². The van der Waals surface area contributed by atoms with Gasteiger partial charge in [0, 0.05) is 14.2 Å². The molecule has 0 saturated heterocycles. The van der Waals surface area contributed by atoms with Crippen LogP contribution >= 0.6 is 27.3 Å². The van der Waals surface area contributed by atoms with Crippen LogP contribution in [0.15, 0.2) is 10.5 Å². The zero-order valence-corrected chi connectivity index (χ0v) is 11.1. The summed E-state index contributed by atoms with van der Waals surface area (Å²) in [6, 6.07) is 2.04. The van der Waals surface area contributed by atoms with E-state index < -0.39 is 0 Å². The van der Waals surface area contributed by atoms with Gasteiger partial charge in [0.2, 0.25) is 0 Å². The molecule has 0 aromatic carbocycles. The number of aliphatic hydroxyl groups is 1. The minimum Gasteiger partial charge on any atom is -0.388 e. The summed E-state index contributed by atoms with van der Waals surface area (Å²) in [6.07, 6.45) is 4.16.